The highest BCUT2D eigenvalue weighted by Crippen LogP contribution is 2.19. The maximum atomic E-state index is 12.2. The molecule has 3 N–H and O–H groups in total. The number of aliphatic hydroxyl groups excluding tert-OH is 3. The highest BCUT2D eigenvalue weighted by molar-refractivity contribution is 5.69. The molecular weight excluding hydrogens is 532 g/mol. The zero-order valence-corrected chi connectivity index (χ0v) is 27.4. The minimum Gasteiger partial charge on any atom is -0.465 e. The molecule has 0 heterocycles. The van der Waals surface area contributed by atoms with Gasteiger partial charge in [-0.15, -0.1) is 0 Å². The predicted octanol–water partition coefficient (Wildman–Crippen LogP) is 8.20. The maximum Gasteiger partial charge on any atom is 0.305 e. The van der Waals surface area contributed by atoms with Crippen LogP contribution in [-0.2, 0) is 19.1 Å². The monoisotopic (exact) mass is 600 g/mol. The van der Waals surface area contributed by atoms with Gasteiger partial charge in [-0.25, -0.2) is 0 Å². The van der Waals surface area contributed by atoms with Crippen molar-refractivity contribution in [1.29, 1.82) is 0 Å². The van der Waals surface area contributed by atoms with E-state index in [4.69, 9.17) is 19.7 Å². The fraction of sp³-hybridized carbons (Fsp3) is 0.943. The number of unbranched alkanes of at least 4 members (excludes halogenated alkanes) is 22. The first-order chi connectivity index (χ1) is 20.5. The van der Waals surface area contributed by atoms with Gasteiger partial charge in [0, 0.05) is 26.1 Å². The molecule has 0 rings (SSSR count). The third-order valence-corrected chi connectivity index (χ3v) is 8.12. The van der Waals surface area contributed by atoms with Gasteiger partial charge in [0.1, 0.15) is 13.2 Å². The van der Waals surface area contributed by atoms with E-state index in [0.717, 1.165) is 64.2 Å². The summed E-state index contributed by atoms with van der Waals surface area (Å²) in [6.07, 6.45) is 28.5. The van der Waals surface area contributed by atoms with Crippen LogP contribution < -0.4 is 0 Å². The summed E-state index contributed by atoms with van der Waals surface area (Å²) >= 11 is 0. The summed E-state index contributed by atoms with van der Waals surface area (Å²) in [5.74, 6) is -0.500. The van der Waals surface area contributed by atoms with E-state index >= 15 is 0 Å². The highest BCUT2D eigenvalue weighted by Gasteiger charge is 2.27. The number of esters is 2. The lowest BCUT2D eigenvalue weighted by Crippen LogP contribution is -2.35. The Morgan fingerprint density at radius 1 is 0.429 bits per heavy atom. The molecule has 0 atom stereocenters. The van der Waals surface area contributed by atoms with Crippen LogP contribution in [0, 0.1) is 5.41 Å². The number of hydrogen-bond donors (Lipinski definition) is 3. The van der Waals surface area contributed by atoms with E-state index in [1.165, 1.54) is 89.9 Å². The van der Waals surface area contributed by atoms with Crippen LogP contribution in [0.2, 0.25) is 0 Å². The average Bonchev–Trinajstić information content (AvgIpc) is 2.99. The normalized spacial score (nSPS) is 11.6. The third kappa shape index (κ3) is 28.9. The van der Waals surface area contributed by atoms with Crippen molar-refractivity contribution in [3.63, 3.8) is 0 Å². The summed E-state index contributed by atoms with van der Waals surface area (Å²) < 4.78 is 10.8. The molecule has 0 aromatic heterocycles. The van der Waals surface area contributed by atoms with Crippen LogP contribution in [0.5, 0.6) is 0 Å². The lowest BCUT2D eigenvalue weighted by Gasteiger charge is -2.26. The van der Waals surface area contributed by atoms with E-state index in [2.05, 4.69) is 0 Å². The number of hydrogen-bond acceptors (Lipinski definition) is 7. The van der Waals surface area contributed by atoms with Crippen molar-refractivity contribution < 1.29 is 34.4 Å². The van der Waals surface area contributed by atoms with E-state index < -0.39 is 5.41 Å². The molecular formula is C35H68O7. The molecule has 250 valence electrons. The molecule has 0 aromatic rings. The maximum absolute atomic E-state index is 12.2. The Bertz CT molecular complexity index is 550. The Morgan fingerprint density at radius 3 is 0.905 bits per heavy atom. The van der Waals surface area contributed by atoms with Crippen molar-refractivity contribution >= 4 is 11.9 Å². The molecule has 0 fully saturated rings. The molecule has 7 heteroatoms. The Morgan fingerprint density at radius 2 is 0.667 bits per heavy atom. The van der Waals surface area contributed by atoms with Gasteiger partial charge in [0.15, 0.2) is 0 Å². The minimum atomic E-state index is -0.775. The van der Waals surface area contributed by atoms with E-state index in [-0.39, 0.29) is 31.8 Å². The van der Waals surface area contributed by atoms with Gasteiger partial charge in [0.25, 0.3) is 0 Å². The summed E-state index contributed by atoms with van der Waals surface area (Å²) in [6, 6.07) is 0. The Hall–Kier alpha value is -1.18. The van der Waals surface area contributed by atoms with Crippen molar-refractivity contribution in [3.05, 3.63) is 0 Å². The van der Waals surface area contributed by atoms with Crippen molar-refractivity contribution in [2.45, 2.75) is 174 Å². The van der Waals surface area contributed by atoms with Crippen LogP contribution in [0.15, 0.2) is 0 Å². The van der Waals surface area contributed by atoms with Crippen LogP contribution in [0.4, 0.5) is 0 Å². The molecule has 0 aromatic carbocycles. The number of carbonyl (C=O) groups excluding carboxylic acids is 2. The van der Waals surface area contributed by atoms with Crippen LogP contribution in [-0.4, -0.2) is 60.3 Å². The van der Waals surface area contributed by atoms with E-state index in [0.29, 0.717) is 26.1 Å². The van der Waals surface area contributed by atoms with E-state index in [1.807, 2.05) is 0 Å². The summed E-state index contributed by atoms with van der Waals surface area (Å²) in [4.78, 5) is 24.3. The number of aliphatic hydroxyl groups is 3. The quantitative estimate of drug-likeness (QED) is 0.0514. The van der Waals surface area contributed by atoms with Crippen molar-refractivity contribution in [2.24, 2.45) is 5.41 Å². The fourth-order valence-corrected chi connectivity index (χ4v) is 5.08. The zero-order valence-electron chi connectivity index (χ0n) is 27.4. The average molecular weight is 601 g/mol. The van der Waals surface area contributed by atoms with Gasteiger partial charge in [0.05, 0.1) is 12.0 Å². The van der Waals surface area contributed by atoms with Gasteiger partial charge in [-0.1, -0.05) is 135 Å². The molecule has 0 unspecified atom stereocenters. The predicted molar refractivity (Wildman–Crippen MR) is 171 cm³/mol. The molecule has 0 spiro atoms. The molecule has 0 saturated carbocycles. The fourth-order valence-electron chi connectivity index (χ4n) is 5.08. The van der Waals surface area contributed by atoms with Gasteiger partial charge < -0.3 is 24.8 Å². The summed E-state index contributed by atoms with van der Waals surface area (Å²) in [5.41, 5.74) is -0.775. The molecule has 0 aliphatic carbocycles. The van der Waals surface area contributed by atoms with Crippen LogP contribution in [0.3, 0.4) is 0 Å². The third-order valence-electron chi connectivity index (χ3n) is 8.12. The van der Waals surface area contributed by atoms with Crippen LogP contribution in [0.1, 0.15) is 174 Å². The smallest absolute Gasteiger partial charge is 0.305 e. The van der Waals surface area contributed by atoms with Crippen LogP contribution >= 0.6 is 0 Å². The summed E-state index contributed by atoms with van der Waals surface area (Å²) in [7, 11) is 0. The second-order valence-electron chi connectivity index (χ2n) is 12.7. The molecule has 0 radical (unpaired) electrons. The van der Waals surface area contributed by atoms with E-state index in [9.17, 15) is 14.7 Å². The largest absolute Gasteiger partial charge is 0.465 e. The lowest BCUT2D eigenvalue weighted by atomic mass is 9.94. The molecule has 7 nitrogen and oxygen atoms in total. The van der Waals surface area contributed by atoms with Crippen molar-refractivity contribution in [3.8, 4) is 0 Å². The van der Waals surface area contributed by atoms with Crippen molar-refractivity contribution in [1.82, 2.24) is 0 Å². The Balaban J connectivity index is 3.65. The van der Waals surface area contributed by atoms with Crippen LogP contribution in [0.25, 0.3) is 0 Å². The van der Waals surface area contributed by atoms with Gasteiger partial charge in [0.2, 0.25) is 0 Å². The van der Waals surface area contributed by atoms with Gasteiger partial charge >= 0.3 is 11.9 Å². The van der Waals surface area contributed by atoms with Gasteiger partial charge in [-0.2, -0.15) is 0 Å². The Labute approximate surface area is 258 Å². The van der Waals surface area contributed by atoms with Gasteiger partial charge in [-0.05, 0) is 25.7 Å². The summed E-state index contributed by atoms with van der Waals surface area (Å²) in [5, 5.41) is 27.4. The zero-order chi connectivity index (χ0) is 31.0. The van der Waals surface area contributed by atoms with Gasteiger partial charge in [-0.3, -0.25) is 9.59 Å². The first-order valence-corrected chi connectivity index (χ1v) is 17.6. The SMILES string of the molecule is CC(CO)(COC(=O)CCCCCCCCCCCCCCO)COC(=O)CCCCCCCCCCCCCCO. The summed E-state index contributed by atoms with van der Waals surface area (Å²) in [6.45, 7) is 2.30. The number of rotatable bonds is 33. The second kappa shape index (κ2) is 31.3. The first-order valence-electron chi connectivity index (χ1n) is 17.6. The standard InChI is InChI=1S/C35H68O7/c1-35(30-38,31-41-33(39)26-22-18-14-10-6-2-4-8-12-16-20-24-28-36)32-42-34(40)27-23-19-15-11-7-3-5-9-13-17-21-25-29-37/h36-38H,2-32H2,1H3. The molecule has 0 bridgehead atoms. The molecule has 0 aliphatic heterocycles. The minimum absolute atomic E-state index is 0.0538. The lowest BCUT2D eigenvalue weighted by molar-refractivity contribution is -0.155. The molecule has 0 amide bonds. The molecule has 0 aliphatic rings. The van der Waals surface area contributed by atoms with Crippen molar-refractivity contribution in [2.75, 3.05) is 33.0 Å². The molecule has 0 saturated heterocycles. The first kappa shape index (κ1) is 40.8. The highest BCUT2D eigenvalue weighted by atomic mass is 16.5. The number of ether oxygens (including phenoxy) is 2. The number of carbonyl (C=O) groups is 2. The molecule has 42 heavy (non-hydrogen) atoms. The second-order valence-corrected chi connectivity index (χ2v) is 12.7. The topological polar surface area (TPSA) is 113 Å². The van der Waals surface area contributed by atoms with E-state index in [1.54, 1.807) is 6.92 Å². The Kier molecular flexibility index (Phi) is 30.4.